The average molecular weight is 286 g/mol. The smallest absolute Gasteiger partial charge is 0.200 e. The monoisotopic (exact) mass is 286 g/mol. The van der Waals surface area contributed by atoms with Crippen molar-refractivity contribution in [2.75, 3.05) is 0 Å². The molecule has 1 aromatic rings. The third kappa shape index (κ3) is 2.12. The molecule has 0 aromatic heterocycles. The van der Waals surface area contributed by atoms with Crippen LogP contribution in [0.25, 0.3) is 22.6 Å². The second kappa shape index (κ2) is 4.45. The molecule has 1 heterocycles. The standard InChI is InChI=1S/C15H10O6/c16-8-5-10(17)9-1-2-13(21-14(9)6-8)7-3-11(18)15(20)12(19)4-7/h1-6,17-20H. The molecule has 0 saturated heterocycles. The summed E-state index contributed by atoms with van der Waals surface area (Å²) in [5.74, 6) is -1.40. The van der Waals surface area contributed by atoms with Crippen LogP contribution in [0.3, 0.4) is 0 Å². The minimum Gasteiger partial charge on any atom is -0.507 e. The van der Waals surface area contributed by atoms with Crippen molar-refractivity contribution in [1.82, 2.24) is 0 Å². The van der Waals surface area contributed by atoms with Crippen molar-refractivity contribution in [3.8, 4) is 45.6 Å². The molecule has 1 aliphatic carbocycles. The maximum atomic E-state index is 11.4. The van der Waals surface area contributed by atoms with Gasteiger partial charge in [0.2, 0.25) is 0 Å². The third-order valence-corrected chi connectivity index (χ3v) is 3.07. The van der Waals surface area contributed by atoms with Crippen molar-refractivity contribution in [3.63, 3.8) is 0 Å². The summed E-state index contributed by atoms with van der Waals surface area (Å²) in [5.41, 5.74) is 0.267. The van der Waals surface area contributed by atoms with Gasteiger partial charge in [0, 0.05) is 17.7 Å². The molecule has 0 spiro atoms. The van der Waals surface area contributed by atoms with Crippen molar-refractivity contribution >= 4 is 0 Å². The first-order chi connectivity index (χ1) is 9.95. The van der Waals surface area contributed by atoms with Gasteiger partial charge in [-0.3, -0.25) is 4.79 Å². The zero-order valence-electron chi connectivity index (χ0n) is 10.6. The highest BCUT2D eigenvalue weighted by Crippen LogP contribution is 2.40. The van der Waals surface area contributed by atoms with Gasteiger partial charge in [0.25, 0.3) is 0 Å². The number of phenolic OH excluding ortho intramolecular Hbond substituents is 4. The van der Waals surface area contributed by atoms with Crippen molar-refractivity contribution < 1.29 is 24.8 Å². The molecule has 2 aliphatic rings. The number of benzene rings is 2. The maximum absolute atomic E-state index is 11.4. The van der Waals surface area contributed by atoms with E-state index in [1.165, 1.54) is 24.3 Å². The van der Waals surface area contributed by atoms with E-state index in [0.29, 0.717) is 11.1 Å². The fourth-order valence-corrected chi connectivity index (χ4v) is 2.05. The van der Waals surface area contributed by atoms with Gasteiger partial charge in [-0.15, -0.1) is 0 Å². The molecule has 6 heteroatoms. The number of aromatic hydroxyl groups is 4. The average Bonchev–Trinajstić information content (AvgIpc) is 2.43. The first-order valence-corrected chi connectivity index (χ1v) is 5.98. The normalized spacial score (nSPS) is 10.9. The molecule has 0 radical (unpaired) electrons. The van der Waals surface area contributed by atoms with E-state index in [-0.39, 0.29) is 17.3 Å². The van der Waals surface area contributed by atoms with Gasteiger partial charge < -0.3 is 24.8 Å². The predicted molar refractivity (Wildman–Crippen MR) is 73.7 cm³/mol. The van der Waals surface area contributed by atoms with Crippen LogP contribution in [0, 0.1) is 0 Å². The van der Waals surface area contributed by atoms with Gasteiger partial charge in [-0.25, -0.2) is 0 Å². The van der Waals surface area contributed by atoms with Crippen LogP contribution >= 0.6 is 0 Å². The Labute approximate surface area is 118 Å². The molecule has 0 unspecified atom stereocenters. The number of hydrogen-bond donors (Lipinski definition) is 4. The van der Waals surface area contributed by atoms with Crippen molar-refractivity contribution in [2.24, 2.45) is 0 Å². The Bertz CT molecular complexity index is 841. The number of rotatable bonds is 1. The number of phenols is 4. The first-order valence-electron chi connectivity index (χ1n) is 5.98. The lowest BCUT2D eigenvalue weighted by Crippen LogP contribution is -1.98. The molecule has 0 bridgehead atoms. The van der Waals surface area contributed by atoms with E-state index in [1.54, 1.807) is 6.07 Å². The molecular weight excluding hydrogens is 276 g/mol. The second-order valence-electron chi connectivity index (χ2n) is 4.52. The van der Waals surface area contributed by atoms with Gasteiger partial charge >= 0.3 is 0 Å². The summed E-state index contributed by atoms with van der Waals surface area (Å²) in [6.45, 7) is 0. The molecule has 21 heavy (non-hydrogen) atoms. The Morgan fingerprint density at radius 2 is 1.43 bits per heavy atom. The topological polar surface area (TPSA) is 111 Å². The van der Waals surface area contributed by atoms with Crippen molar-refractivity contribution in [3.05, 3.63) is 46.6 Å². The molecule has 0 fully saturated rings. The van der Waals surface area contributed by atoms with E-state index in [2.05, 4.69) is 0 Å². The van der Waals surface area contributed by atoms with Crippen LogP contribution in [-0.2, 0) is 0 Å². The second-order valence-corrected chi connectivity index (χ2v) is 4.52. The molecule has 3 rings (SSSR count). The Morgan fingerprint density at radius 3 is 2.10 bits per heavy atom. The zero-order chi connectivity index (χ0) is 15.1. The van der Waals surface area contributed by atoms with Gasteiger partial charge in [0.05, 0.1) is 5.56 Å². The zero-order valence-corrected chi connectivity index (χ0v) is 10.6. The van der Waals surface area contributed by atoms with E-state index in [0.717, 1.165) is 6.07 Å². The van der Waals surface area contributed by atoms with Crippen LogP contribution < -0.4 is 5.43 Å². The molecule has 0 amide bonds. The van der Waals surface area contributed by atoms with Crippen LogP contribution in [0.1, 0.15) is 0 Å². The molecule has 1 aliphatic heterocycles. The Morgan fingerprint density at radius 1 is 0.762 bits per heavy atom. The van der Waals surface area contributed by atoms with Crippen molar-refractivity contribution in [2.45, 2.75) is 0 Å². The highest BCUT2D eigenvalue weighted by Gasteiger charge is 2.15. The Hall–Kier alpha value is -3.15. The van der Waals surface area contributed by atoms with Gasteiger partial charge in [0.15, 0.2) is 22.7 Å². The van der Waals surface area contributed by atoms with E-state index in [4.69, 9.17) is 4.42 Å². The quantitative estimate of drug-likeness (QED) is 0.510. The lowest BCUT2D eigenvalue weighted by atomic mass is 10.1. The van der Waals surface area contributed by atoms with Crippen LogP contribution in [0.5, 0.6) is 23.0 Å². The van der Waals surface area contributed by atoms with Crippen LogP contribution in [0.15, 0.2) is 45.6 Å². The van der Waals surface area contributed by atoms with Gasteiger partial charge in [-0.1, -0.05) is 0 Å². The number of hydrogen-bond acceptors (Lipinski definition) is 6. The molecule has 106 valence electrons. The molecule has 4 N–H and O–H groups in total. The van der Waals surface area contributed by atoms with Gasteiger partial charge in [-0.05, 0) is 24.3 Å². The fraction of sp³-hybridized carbons (Fsp3) is 0. The third-order valence-electron chi connectivity index (χ3n) is 3.07. The first kappa shape index (κ1) is 12.9. The summed E-state index contributed by atoms with van der Waals surface area (Å²) in [4.78, 5) is 11.4. The minimum absolute atomic E-state index is 0.171. The summed E-state index contributed by atoms with van der Waals surface area (Å²) in [5, 5.41) is 38.0. The molecule has 0 saturated carbocycles. The molecular formula is C15H10O6. The van der Waals surface area contributed by atoms with Crippen LogP contribution in [-0.4, -0.2) is 20.4 Å². The summed E-state index contributed by atoms with van der Waals surface area (Å²) in [6.07, 6.45) is 0. The van der Waals surface area contributed by atoms with Gasteiger partial charge in [-0.2, -0.15) is 0 Å². The van der Waals surface area contributed by atoms with Crippen molar-refractivity contribution in [1.29, 1.82) is 0 Å². The lowest BCUT2D eigenvalue weighted by Gasteiger charge is -2.10. The van der Waals surface area contributed by atoms with E-state index in [9.17, 15) is 25.2 Å². The molecule has 6 nitrogen and oxygen atoms in total. The van der Waals surface area contributed by atoms with E-state index in [1.807, 2.05) is 0 Å². The molecule has 0 atom stereocenters. The SMILES string of the molecule is O=c1cc2oc(-c3cc(O)c(O)c(O)c3)ccc-2c(O)c1. The Kier molecular flexibility index (Phi) is 2.72. The fourth-order valence-electron chi connectivity index (χ4n) is 2.05. The van der Waals surface area contributed by atoms with E-state index >= 15 is 0 Å². The van der Waals surface area contributed by atoms with E-state index < -0.39 is 22.7 Å². The predicted octanol–water partition coefficient (Wildman–Crippen LogP) is 2.23. The molecule has 1 aromatic carbocycles. The summed E-state index contributed by atoms with van der Waals surface area (Å²) >= 11 is 0. The summed E-state index contributed by atoms with van der Waals surface area (Å²) in [6, 6.07) is 7.78. The highest BCUT2D eigenvalue weighted by molar-refractivity contribution is 5.72. The summed E-state index contributed by atoms with van der Waals surface area (Å²) < 4.78 is 5.50. The highest BCUT2D eigenvalue weighted by atomic mass is 16.3. The van der Waals surface area contributed by atoms with Crippen LogP contribution in [0.2, 0.25) is 0 Å². The van der Waals surface area contributed by atoms with Gasteiger partial charge in [0.1, 0.15) is 17.3 Å². The Balaban J connectivity index is 2.23. The van der Waals surface area contributed by atoms with Crippen LogP contribution in [0.4, 0.5) is 0 Å². The summed E-state index contributed by atoms with van der Waals surface area (Å²) in [7, 11) is 0. The number of fused-ring (bicyclic) bond motifs is 1. The minimum atomic E-state index is -0.626. The maximum Gasteiger partial charge on any atom is 0.200 e. The lowest BCUT2D eigenvalue weighted by molar-refractivity contribution is 0.368. The largest absolute Gasteiger partial charge is 0.507 e.